The van der Waals surface area contributed by atoms with Gasteiger partial charge in [0.25, 0.3) is 0 Å². The molecule has 5 heteroatoms. The number of rotatable bonds is 4. The molecule has 1 aliphatic heterocycles. The molecule has 2 aromatic heterocycles. The van der Waals surface area contributed by atoms with Crippen molar-refractivity contribution in [2.24, 2.45) is 0 Å². The normalized spacial score (nSPS) is 14.9. The van der Waals surface area contributed by atoms with Crippen LogP contribution >= 0.6 is 0 Å². The Kier molecular flexibility index (Phi) is 6.61. The number of benzene rings is 7. The van der Waals surface area contributed by atoms with Crippen molar-refractivity contribution in [3.8, 4) is 39.8 Å². The van der Waals surface area contributed by atoms with E-state index in [-0.39, 0.29) is 6.04 Å². The Balaban J connectivity index is 1.12. The van der Waals surface area contributed by atoms with Gasteiger partial charge in [-0.25, -0.2) is 9.97 Å². The lowest BCUT2D eigenvalue weighted by Gasteiger charge is -2.37. The first-order valence-corrected chi connectivity index (χ1v) is 18.1. The van der Waals surface area contributed by atoms with E-state index in [1.54, 1.807) is 0 Å². The summed E-state index contributed by atoms with van der Waals surface area (Å²) in [5.41, 5.74) is 9.39. The van der Waals surface area contributed by atoms with Crippen molar-refractivity contribution in [1.82, 2.24) is 14.5 Å². The number of hydrogen-bond acceptors (Lipinski definition) is 4. The van der Waals surface area contributed by atoms with Crippen molar-refractivity contribution in [2.45, 2.75) is 12.5 Å². The molecule has 250 valence electrons. The zero-order chi connectivity index (χ0) is 34.9. The van der Waals surface area contributed by atoms with Gasteiger partial charge in [-0.3, -0.25) is 4.57 Å². The number of hydrogen-bond donors (Lipinski definition) is 0. The van der Waals surface area contributed by atoms with Crippen molar-refractivity contribution in [2.75, 3.05) is 4.90 Å². The van der Waals surface area contributed by atoms with Crippen molar-refractivity contribution in [3.63, 3.8) is 0 Å². The smallest absolute Gasteiger partial charge is 0.235 e. The zero-order valence-corrected chi connectivity index (χ0v) is 28.7. The Morgan fingerprint density at radius 2 is 1.30 bits per heavy atom. The Morgan fingerprint density at radius 3 is 2.21 bits per heavy atom. The van der Waals surface area contributed by atoms with Crippen LogP contribution < -0.4 is 9.64 Å². The predicted molar refractivity (Wildman–Crippen MR) is 218 cm³/mol. The number of aromatic nitrogens is 3. The molecule has 0 saturated carbocycles. The van der Waals surface area contributed by atoms with Crippen LogP contribution in [0, 0.1) is 0 Å². The molecule has 2 aliphatic rings. The van der Waals surface area contributed by atoms with Crippen molar-refractivity contribution in [1.29, 1.82) is 0 Å². The van der Waals surface area contributed by atoms with E-state index < -0.39 is 0 Å². The van der Waals surface area contributed by atoms with Gasteiger partial charge in [0, 0.05) is 21.7 Å². The summed E-state index contributed by atoms with van der Waals surface area (Å²) in [6.45, 7) is 0. The molecule has 0 spiro atoms. The summed E-state index contributed by atoms with van der Waals surface area (Å²) in [7, 11) is 0. The van der Waals surface area contributed by atoms with Gasteiger partial charge in [0.15, 0.2) is 11.5 Å². The van der Waals surface area contributed by atoms with Crippen molar-refractivity contribution in [3.05, 3.63) is 176 Å². The van der Waals surface area contributed by atoms with Crippen LogP contribution in [0.25, 0.3) is 71.8 Å². The summed E-state index contributed by atoms with van der Waals surface area (Å²) in [6, 6.07) is 53.7. The lowest BCUT2D eigenvalue weighted by Crippen LogP contribution is -2.32. The predicted octanol–water partition coefficient (Wildman–Crippen LogP) is 12.3. The first kappa shape index (κ1) is 29.7. The molecular formula is C48H32N4O. The molecule has 0 fully saturated rings. The van der Waals surface area contributed by atoms with E-state index in [9.17, 15) is 0 Å². The second kappa shape index (κ2) is 11.8. The van der Waals surface area contributed by atoms with Crippen LogP contribution in [0.15, 0.2) is 176 Å². The molecule has 1 aliphatic carbocycles. The number of allylic oxidation sites excluding steroid dienone is 2. The Morgan fingerprint density at radius 1 is 0.547 bits per heavy atom. The number of fused-ring (bicyclic) bond motifs is 8. The summed E-state index contributed by atoms with van der Waals surface area (Å²) in [5.74, 6) is 2.38. The minimum absolute atomic E-state index is 0.213. The van der Waals surface area contributed by atoms with E-state index in [1.807, 2.05) is 18.2 Å². The van der Waals surface area contributed by atoms with Crippen molar-refractivity contribution < 1.29 is 4.74 Å². The third kappa shape index (κ3) is 4.71. The topological polar surface area (TPSA) is 43.2 Å². The van der Waals surface area contributed by atoms with Crippen LogP contribution in [0.4, 0.5) is 11.4 Å². The highest BCUT2D eigenvalue weighted by molar-refractivity contribution is 6.21. The van der Waals surface area contributed by atoms with Gasteiger partial charge in [-0.2, -0.15) is 0 Å². The van der Waals surface area contributed by atoms with Crippen LogP contribution in [-0.2, 0) is 0 Å². The SMILES string of the molecule is C1=CCC(N2c3ccccc3Oc3cc(-c4ccc5c(c4)c4c6ccccc6ccc4n5-c4nc(-c5ccccc5)c5ccccc5n4)ccc32)C=C1. The van der Waals surface area contributed by atoms with E-state index in [0.29, 0.717) is 5.95 Å². The molecule has 0 saturated heterocycles. The fourth-order valence-corrected chi connectivity index (χ4v) is 8.25. The molecule has 9 aromatic rings. The molecule has 0 amide bonds. The molecule has 11 rings (SSSR count). The first-order chi connectivity index (χ1) is 26.3. The molecule has 0 radical (unpaired) electrons. The maximum Gasteiger partial charge on any atom is 0.235 e. The molecule has 1 unspecified atom stereocenters. The second-order valence-corrected chi connectivity index (χ2v) is 13.7. The van der Waals surface area contributed by atoms with E-state index in [4.69, 9.17) is 14.7 Å². The molecule has 1 atom stereocenters. The van der Waals surface area contributed by atoms with E-state index >= 15 is 0 Å². The molecule has 0 N–H and O–H groups in total. The number of ether oxygens (including phenoxy) is 1. The minimum Gasteiger partial charge on any atom is -0.453 e. The fourth-order valence-electron chi connectivity index (χ4n) is 8.25. The largest absolute Gasteiger partial charge is 0.453 e. The Labute approximate surface area is 306 Å². The highest BCUT2D eigenvalue weighted by Gasteiger charge is 2.29. The summed E-state index contributed by atoms with van der Waals surface area (Å²) >= 11 is 0. The lowest BCUT2D eigenvalue weighted by molar-refractivity contribution is 0.470. The Bertz CT molecular complexity index is 2980. The number of anilines is 2. The fraction of sp³-hybridized carbons (Fsp3) is 0.0417. The number of nitrogens with zero attached hydrogens (tertiary/aromatic N) is 4. The molecule has 5 nitrogen and oxygen atoms in total. The maximum atomic E-state index is 6.62. The van der Waals surface area contributed by atoms with E-state index in [1.165, 1.54) is 16.2 Å². The zero-order valence-electron chi connectivity index (χ0n) is 28.7. The minimum atomic E-state index is 0.213. The van der Waals surface area contributed by atoms with Crippen LogP contribution in [0.3, 0.4) is 0 Å². The quantitative estimate of drug-likeness (QED) is 0.186. The van der Waals surface area contributed by atoms with Gasteiger partial charge in [-0.1, -0.05) is 127 Å². The maximum absolute atomic E-state index is 6.62. The summed E-state index contributed by atoms with van der Waals surface area (Å²) in [6.07, 6.45) is 9.71. The van der Waals surface area contributed by atoms with Gasteiger partial charge in [0.05, 0.1) is 39.7 Å². The molecule has 7 aromatic carbocycles. The second-order valence-electron chi connectivity index (χ2n) is 13.7. The third-order valence-corrected chi connectivity index (χ3v) is 10.7. The van der Waals surface area contributed by atoms with Gasteiger partial charge >= 0.3 is 0 Å². The lowest BCUT2D eigenvalue weighted by atomic mass is 9.98. The monoisotopic (exact) mass is 680 g/mol. The highest BCUT2D eigenvalue weighted by atomic mass is 16.5. The van der Waals surface area contributed by atoms with Gasteiger partial charge in [-0.15, -0.1) is 0 Å². The van der Waals surface area contributed by atoms with Gasteiger partial charge in [0.2, 0.25) is 5.95 Å². The summed E-state index contributed by atoms with van der Waals surface area (Å²) in [4.78, 5) is 12.9. The van der Waals surface area contributed by atoms with Gasteiger partial charge in [0.1, 0.15) is 0 Å². The molecular weight excluding hydrogens is 649 g/mol. The van der Waals surface area contributed by atoms with Crippen LogP contribution in [0.5, 0.6) is 11.5 Å². The average Bonchev–Trinajstić information content (AvgIpc) is 3.57. The van der Waals surface area contributed by atoms with Crippen molar-refractivity contribution >= 4 is 54.9 Å². The standard InChI is InChI=1S/C48H32N4O/c1-3-14-32(15-4-1)47-37-19-9-10-20-39(37)49-48(50-47)52-40-26-24-33(29-38(40)46-36-18-8-7-13-31(36)23-28-43(46)52)34-25-27-42-45(30-34)53-44-22-12-11-21-41(44)51(42)35-16-5-2-6-17-35/h1-16,18-30,35H,17H2. The number of para-hydroxylation sites is 3. The van der Waals surface area contributed by atoms with Crippen LogP contribution in [0.1, 0.15) is 6.42 Å². The highest BCUT2D eigenvalue weighted by Crippen LogP contribution is 2.50. The molecule has 53 heavy (non-hydrogen) atoms. The molecule has 3 heterocycles. The van der Waals surface area contributed by atoms with E-state index in [0.717, 1.165) is 79.0 Å². The summed E-state index contributed by atoms with van der Waals surface area (Å²) < 4.78 is 8.85. The first-order valence-electron chi connectivity index (χ1n) is 18.1. The van der Waals surface area contributed by atoms with Crippen LogP contribution in [-0.4, -0.2) is 20.6 Å². The van der Waals surface area contributed by atoms with Gasteiger partial charge < -0.3 is 9.64 Å². The van der Waals surface area contributed by atoms with E-state index in [2.05, 4.69) is 167 Å². The molecule has 0 bridgehead atoms. The third-order valence-electron chi connectivity index (χ3n) is 10.7. The summed E-state index contributed by atoms with van der Waals surface area (Å²) in [5, 5.41) is 5.76. The van der Waals surface area contributed by atoms with Crippen LogP contribution in [0.2, 0.25) is 0 Å². The Hall–Kier alpha value is -6.98. The average molecular weight is 681 g/mol. The van der Waals surface area contributed by atoms with Gasteiger partial charge in [-0.05, 0) is 76.9 Å².